The first kappa shape index (κ1) is 19.5. The fourth-order valence-electron chi connectivity index (χ4n) is 2.71. The van der Waals surface area contributed by atoms with Crippen LogP contribution in [0.1, 0.15) is 41.5 Å². The van der Waals surface area contributed by atoms with Crippen molar-refractivity contribution in [3.8, 4) is 0 Å². The van der Waals surface area contributed by atoms with Crippen LogP contribution in [0.4, 0.5) is 4.79 Å². The molecule has 1 saturated heterocycles. The molecular weight excluding hydrogens is 296 g/mol. The van der Waals surface area contributed by atoms with Gasteiger partial charge in [-0.1, -0.05) is 20.8 Å². The van der Waals surface area contributed by atoms with Crippen molar-refractivity contribution in [1.82, 2.24) is 10.2 Å². The Kier molecular flexibility index (Phi) is 6.47. The minimum Gasteiger partial charge on any atom is -0.444 e. The molecule has 0 bridgehead atoms. The number of nitrogens with one attached hydrogen (secondary N) is 1. The number of piperazine rings is 1. The monoisotopic (exact) mass is 330 g/mol. The molecular formula is C16H34N2O3Si. The zero-order valence-corrected chi connectivity index (χ0v) is 16.7. The molecule has 1 amide bonds. The highest BCUT2D eigenvalue weighted by Crippen LogP contribution is 2.29. The predicted molar refractivity (Wildman–Crippen MR) is 92.8 cm³/mol. The molecule has 6 heteroatoms. The van der Waals surface area contributed by atoms with Gasteiger partial charge in [0.05, 0.1) is 12.1 Å². The fourth-order valence-corrected chi connectivity index (χ4v) is 3.88. The second-order valence-electron chi connectivity index (χ2n) is 8.42. The van der Waals surface area contributed by atoms with E-state index in [1.54, 1.807) is 0 Å². The van der Waals surface area contributed by atoms with Crippen LogP contribution in [0.3, 0.4) is 0 Å². The van der Waals surface area contributed by atoms with Crippen molar-refractivity contribution in [2.75, 3.05) is 19.6 Å². The second kappa shape index (κ2) is 7.32. The third kappa shape index (κ3) is 5.89. The largest absolute Gasteiger partial charge is 0.444 e. The summed E-state index contributed by atoms with van der Waals surface area (Å²) in [7, 11) is -1.21. The van der Waals surface area contributed by atoms with Crippen LogP contribution in [-0.4, -0.2) is 57.4 Å². The van der Waals surface area contributed by atoms with Crippen LogP contribution in [-0.2, 0) is 9.16 Å². The Labute approximate surface area is 137 Å². The smallest absolute Gasteiger partial charge is 0.410 e. The summed E-state index contributed by atoms with van der Waals surface area (Å²) in [5.41, 5.74) is -0.501. The molecule has 0 aromatic rings. The van der Waals surface area contributed by atoms with Crippen molar-refractivity contribution in [3.05, 3.63) is 0 Å². The first-order valence-electron chi connectivity index (χ1n) is 8.27. The van der Waals surface area contributed by atoms with Crippen LogP contribution in [0.5, 0.6) is 0 Å². The topological polar surface area (TPSA) is 50.8 Å². The van der Waals surface area contributed by atoms with E-state index < -0.39 is 14.6 Å². The maximum Gasteiger partial charge on any atom is 0.410 e. The summed E-state index contributed by atoms with van der Waals surface area (Å²) < 4.78 is 11.9. The Morgan fingerprint density at radius 3 is 2.27 bits per heavy atom. The van der Waals surface area contributed by atoms with Gasteiger partial charge in [0.2, 0.25) is 0 Å². The molecule has 0 saturated carbocycles. The zero-order chi connectivity index (χ0) is 17.1. The Morgan fingerprint density at radius 2 is 1.82 bits per heavy atom. The van der Waals surface area contributed by atoms with Crippen molar-refractivity contribution in [2.45, 2.75) is 72.4 Å². The van der Waals surface area contributed by atoms with Gasteiger partial charge in [0.15, 0.2) is 9.04 Å². The standard InChI is InChI=1S/C16H34N2O3Si/c1-15(2,3)13(21-22(7)8)12-11-17-9-10-18(12)14(19)20-16(4,5)6/h12-13,17,22H,9-11H2,1-8H3/t12-,13?/m0/s1. The Hall–Kier alpha value is -0.593. The molecule has 0 spiro atoms. The van der Waals surface area contributed by atoms with Gasteiger partial charge < -0.3 is 19.4 Å². The summed E-state index contributed by atoms with van der Waals surface area (Å²) in [4.78, 5) is 14.4. The summed E-state index contributed by atoms with van der Waals surface area (Å²) in [6.45, 7) is 18.8. The van der Waals surface area contributed by atoms with Crippen molar-refractivity contribution in [3.63, 3.8) is 0 Å². The summed E-state index contributed by atoms with van der Waals surface area (Å²) >= 11 is 0. The number of amides is 1. The molecule has 1 heterocycles. The van der Waals surface area contributed by atoms with Crippen LogP contribution < -0.4 is 5.32 Å². The van der Waals surface area contributed by atoms with E-state index in [4.69, 9.17) is 9.16 Å². The van der Waals surface area contributed by atoms with Gasteiger partial charge in [0.25, 0.3) is 0 Å². The van der Waals surface area contributed by atoms with Gasteiger partial charge in [-0.15, -0.1) is 0 Å². The van der Waals surface area contributed by atoms with E-state index in [9.17, 15) is 4.79 Å². The van der Waals surface area contributed by atoms with Gasteiger partial charge in [-0.25, -0.2) is 4.79 Å². The Balaban J connectivity index is 2.96. The summed E-state index contributed by atoms with van der Waals surface area (Å²) in [6, 6.07) is 0.0125. The molecule has 1 N–H and O–H groups in total. The van der Waals surface area contributed by atoms with E-state index in [0.717, 1.165) is 13.1 Å². The number of nitrogens with zero attached hydrogens (tertiary/aromatic N) is 1. The average molecular weight is 331 g/mol. The van der Waals surface area contributed by atoms with Gasteiger partial charge in [0, 0.05) is 19.6 Å². The molecule has 1 aliphatic rings. The molecule has 1 fully saturated rings. The summed E-state index contributed by atoms with van der Waals surface area (Å²) in [5.74, 6) is 0. The second-order valence-corrected chi connectivity index (χ2v) is 10.8. The molecule has 1 rings (SSSR count). The summed E-state index contributed by atoms with van der Waals surface area (Å²) in [6.07, 6.45) is -0.221. The molecule has 0 aromatic heterocycles. The SMILES string of the molecule is C[SiH](C)OC([C@@H]1CNCCN1C(=O)OC(C)(C)C)C(C)(C)C. The minimum absolute atomic E-state index is 0.0125. The quantitative estimate of drug-likeness (QED) is 0.808. The summed E-state index contributed by atoms with van der Waals surface area (Å²) in [5, 5.41) is 3.39. The van der Waals surface area contributed by atoms with E-state index >= 15 is 0 Å². The van der Waals surface area contributed by atoms with E-state index in [0.29, 0.717) is 6.54 Å². The van der Waals surface area contributed by atoms with Crippen molar-refractivity contribution >= 4 is 15.1 Å². The van der Waals surface area contributed by atoms with Crippen LogP contribution in [0.2, 0.25) is 13.1 Å². The maximum atomic E-state index is 12.6. The zero-order valence-electron chi connectivity index (χ0n) is 15.5. The van der Waals surface area contributed by atoms with Gasteiger partial charge in [0.1, 0.15) is 5.60 Å². The molecule has 2 atom stereocenters. The van der Waals surface area contributed by atoms with E-state index in [2.05, 4.69) is 39.2 Å². The van der Waals surface area contributed by atoms with E-state index in [1.807, 2.05) is 25.7 Å². The van der Waals surface area contributed by atoms with Crippen LogP contribution in [0.25, 0.3) is 0 Å². The van der Waals surface area contributed by atoms with Gasteiger partial charge in [-0.3, -0.25) is 0 Å². The predicted octanol–water partition coefficient (Wildman–Crippen LogP) is 2.61. The lowest BCUT2D eigenvalue weighted by Gasteiger charge is -2.46. The highest BCUT2D eigenvalue weighted by molar-refractivity contribution is 6.48. The fraction of sp³-hybridized carbons (Fsp3) is 0.938. The molecule has 1 aliphatic heterocycles. The highest BCUT2D eigenvalue weighted by Gasteiger charge is 2.41. The molecule has 1 unspecified atom stereocenters. The Bertz CT molecular complexity index is 375. The van der Waals surface area contributed by atoms with Crippen LogP contribution in [0, 0.1) is 5.41 Å². The lowest BCUT2D eigenvalue weighted by atomic mass is 9.83. The lowest BCUT2D eigenvalue weighted by molar-refractivity contribution is -0.0324. The molecule has 5 nitrogen and oxygen atoms in total. The Morgan fingerprint density at radius 1 is 1.23 bits per heavy atom. The molecule has 130 valence electrons. The first-order chi connectivity index (χ1) is 9.92. The third-order valence-corrected chi connectivity index (χ3v) is 4.37. The van der Waals surface area contributed by atoms with E-state index in [-0.39, 0.29) is 23.7 Å². The van der Waals surface area contributed by atoms with E-state index in [1.165, 1.54) is 0 Å². The maximum absolute atomic E-state index is 12.6. The highest BCUT2D eigenvalue weighted by atomic mass is 28.3. The van der Waals surface area contributed by atoms with Gasteiger partial charge in [-0.2, -0.15) is 0 Å². The van der Waals surface area contributed by atoms with Crippen molar-refractivity contribution < 1.29 is 14.0 Å². The molecule has 22 heavy (non-hydrogen) atoms. The minimum atomic E-state index is -1.21. The number of ether oxygens (including phenoxy) is 1. The van der Waals surface area contributed by atoms with Crippen LogP contribution in [0.15, 0.2) is 0 Å². The number of rotatable bonds is 3. The molecule has 0 aliphatic carbocycles. The van der Waals surface area contributed by atoms with Crippen molar-refractivity contribution in [1.29, 1.82) is 0 Å². The van der Waals surface area contributed by atoms with Gasteiger partial charge >= 0.3 is 6.09 Å². The molecule has 0 radical (unpaired) electrons. The average Bonchev–Trinajstić information content (AvgIpc) is 2.32. The molecule has 0 aromatic carbocycles. The number of hydrogen-bond acceptors (Lipinski definition) is 4. The number of carbonyl (C=O) groups is 1. The van der Waals surface area contributed by atoms with Crippen LogP contribution >= 0.6 is 0 Å². The first-order valence-corrected chi connectivity index (χ1v) is 11.1. The number of hydrogen-bond donors (Lipinski definition) is 1. The lowest BCUT2D eigenvalue weighted by Crippen LogP contribution is -2.62. The van der Waals surface area contributed by atoms with Gasteiger partial charge in [-0.05, 0) is 39.3 Å². The number of carbonyl (C=O) groups excluding carboxylic acids is 1. The van der Waals surface area contributed by atoms with Crippen molar-refractivity contribution in [2.24, 2.45) is 5.41 Å². The normalized spacial score (nSPS) is 21.9. The third-order valence-electron chi connectivity index (χ3n) is 3.53.